The number of nitrogens with zero attached hydrogens (tertiary/aromatic N) is 1. The van der Waals surface area contributed by atoms with Crippen LogP contribution in [0.5, 0.6) is 5.75 Å². The average molecular weight is 563 g/mol. The fourth-order valence-corrected chi connectivity index (χ4v) is 5.88. The van der Waals surface area contributed by atoms with Gasteiger partial charge in [-0.05, 0) is 86.0 Å². The SMILES string of the molecule is CCOc1ccc([C@@H](C)NC(=O)c2ccc(CN(c3cc(Cl)ccc3C)S(=O)(=O)c3ccccc3)cc2)cc1. The number of rotatable bonds is 10. The summed E-state index contributed by atoms with van der Waals surface area (Å²) >= 11 is 6.25. The van der Waals surface area contributed by atoms with Gasteiger partial charge in [-0.1, -0.05) is 60.1 Å². The van der Waals surface area contributed by atoms with Gasteiger partial charge in [-0.3, -0.25) is 9.10 Å². The summed E-state index contributed by atoms with van der Waals surface area (Å²) in [6.45, 7) is 6.36. The largest absolute Gasteiger partial charge is 0.494 e. The predicted molar refractivity (Wildman–Crippen MR) is 156 cm³/mol. The van der Waals surface area contributed by atoms with Gasteiger partial charge in [0.25, 0.3) is 15.9 Å². The Morgan fingerprint density at radius 3 is 2.26 bits per heavy atom. The predicted octanol–water partition coefficient (Wildman–Crippen LogP) is 6.93. The van der Waals surface area contributed by atoms with Crippen LogP contribution in [-0.2, 0) is 16.6 Å². The Morgan fingerprint density at radius 1 is 0.949 bits per heavy atom. The van der Waals surface area contributed by atoms with Crippen molar-refractivity contribution >= 4 is 33.2 Å². The van der Waals surface area contributed by atoms with Gasteiger partial charge in [0, 0.05) is 10.6 Å². The van der Waals surface area contributed by atoms with Crippen molar-refractivity contribution < 1.29 is 17.9 Å². The summed E-state index contributed by atoms with van der Waals surface area (Å²) in [5, 5.41) is 3.45. The van der Waals surface area contributed by atoms with Gasteiger partial charge in [0.1, 0.15) is 5.75 Å². The van der Waals surface area contributed by atoms with E-state index in [1.54, 1.807) is 72.8 Å². The number of carbonyl (C=O) groups excluding carboxylic acids is 1. The van der Waals surface area contributed by atoms with E-state index in [1.807, 2.05) is 45.0 Å². The van der Waals surface area contributed by atoms with Crippen LogP contribution in [0.25, 0.3) is 0 Å². The summed E-state index contributed by atoms with van der Waals surface area (Å²) in [6, 6.07) is 27.8. The van der Waals surface area contributed by atoms with Crippen molar-refractivity contribution in [2.75, 3.05) is 10.9 Å². The molecular weight excluding hydrogens is 532 g/mol. The van der Waals surface area contributed by atoms with Gasteiger partial charge in [-0.15, -0.1) is 0 Å². The zero-order chi connectivity index (χ0) is 28.0. The molecule has 0 aliphatic heterocycles. The van der Waals surface area contributed by atoms with Crippen molar-refractivity contribution in [2.24, 2.45) is 0 Å². The van der Waals surface area contributed by atoms with E-state index in [-0.39, 0.29) is 23.4 Å². The maximum Gasteiger partial charge on any atom is 0.264 e. The lowest BCUT2D eigenvalue weighted by molar-refractivity contribution is 0.0940. The number of hydrogen-bond donors (Lipinski definition) is 1. The maximum atomic E-state index is 13.7. The molecule has 0 bridgehead atoms. The summed E-state index contributed by atoms with van der Waals surface area (Å²) in [7, 11) is -3.88. The Kier molecular flexibility index (Phi) is 8.94. The highest BCUT2D eigenvalue weighted by Crippen LogP contribution is 2.31. The minimum Gasteiger partial charge on any atom is -0.494 e. The van der Waals surface area contributed by atoms with E-state index >= 15 is 0 Å². The Bertz CT molecular complexity index is 1520. The summed E-state index contributed by atoms with van der Waals surface area (Å²) in [5.74, 6) is 0.564. The smallest absolute Gasteiger partial charge is 0.264 e. The summed E-state index contributed by atoms with van der Waals surface area (Å²) in [5.41, 5.74) is 3.44. The zero-order valence-corrected chi connectivity index (χ0v) is 23.7. The molecule has 0 spiro atoms. The molecule has 8 heteroatoms. The third kappa shape index (κ3) is 6.80. The van der Waals surface area contributed by atoms with Gasteiger partial charge >= 0.3 is 0 Å². The molecular formula is C31H31ClN2O4S. The molecule has 0 fully saturated rings. The van der Waals surface area contributed by atoms with Crippen LogP contribution in [0.15, 0.2) is 102 Å². The number of nitrogens with one attached hydrogen (secondary N) is 1. The molecule has 4 aromatic carbocycles. The van der Waals surface area contributed by atoms with Gasteiger partial charge in [-0.25, -0.2) is 8.42 Å². The molecule has 4 rings (SSSR count). The molecule has 0 aliphatic carbocycles. The van der Waals surface area contributed by atoms with Crippen LogP contribution in [0.4, 0.5) is 5.69 Å². The second kappa shape index (κ2) is 12.4. The van der Waals surface area contributed by atoms with E-state index in [2.05, 4.69) is 5.32 Å². The molecule has 39 heavy (non-hydrogen) atoms. The number of amides is 1. The molecule has 0 saturated carbocycles. The van der Waals surface area contributed by atoms with Crippen LogP contribution in [-0.4, -0.2) is 20.9 Å². The van der Waals surface area contributed by atoms with Crippen molar-refractivity contribution in [3.05, 3.63) is 124 Å². The van der Waals surface area contributed by atoms with Crippen LogP contribution < -0.4 is 14.4 Å². The lowest BCUT2D eigenvalue weighted by Gasteiger charge is -2.26. The fraction of sp³-hybridized carbons (Fsp3) is 0.194. The Morgan fingerprint density at radius 2 is 1.62 bits per heavy atom. The highest BCUT2D eigenvalue weighted by molar-refractivity contribution is 7.92. The third-order valence-electron chi connectivity index (χ3n) is 6.35. The van der Waals surface area contributed by atoms with Crippen LogP contribution in [0.1, 0.15) is 46.9 Å². The first-order valence-electron chi connectivity index (χ1n) is 12.7. The Hall–Kier alpha value is -3.81. The molecule has 1 N–H and O–H groups in total. The molecule has 0 aromatic heterocycles. The summed E-state index contributed by atoms with van der Waals surface area (Å²) in [4.78, 5) is 13.1. The number of halogens is 1. The average Bonchev–Trinajstić information content (AvgIpc) is 2.94. The fourth-order valence-electron chi connectivity index (χ4n) is 4.18. The van der Waals surface area contributed by atoms with Crippen molar-refractivity contribution in [3.8, 4) is 5.75 Å². The van der Waals surface area contributed by atoms with E-state index in [9.17, 15) is 13.2 Å². The summed E-state index contributed by atoms with van der Waals surface area (Å²) in [6.07, 6.45) is 0. The molecule has 202 valence electrons. The van der Waals surface area contributed by atoms with Crippen LogP contribution in [0, 0.1) is 6.92 Å². The van der Waals surface area contributed by atoms with E-state index in [1.165, 1.54) is 4.31 Å². The van der Waals surface area contributed by atoms with E-state index in [0.29, 0.717) is 22.9 Å². The first-order valence-corrected chi connectivity index (χ1v) is 14.5. The second-order valence-corrected chi connectivity index (χ2v) is 11.4. The number of aryl methyl sites for hydroxylation is 1. The number of anilines is 1. The van der Waals surface area contributed by atoms with Crippen molar-refractivity contribution in [1.82, 2.24) is 5.32 Å². The lowest BCUT2D eigenvalue weighted by Crippen LogP contribution is -2.31. The van der Waals surface area contributed by atoms with Gasteiger partial charge in [-0.2, -0.15) is 0 Å². The second-order valence-electron chi connectivity index (χ2n) is 9.15. The van der Waals surface area contributed by atoms with E-state index in [4.69, 9.17) is 16.3 Å². The number of hydrogen-bond acceptors (Lipinski definition) is 4. The summed E-state index contributed by atoms with van der Waals surface area (Å²) < 4.78 is 34.2. The van der Waals surface area contributed by atoms with Crippen LogP contribution in [0.3, 0.4) is 0 Å². The normalized spacial score (nSPS) is 12.0. The monoisotopic (exact) mass is 562 g/mol. The quantitative estimate of drug-likeness (QED) is 0.227. The maximum absolute atomic E-state index is 13.7. The first kappa shape index (κ1) is 28.2. The molecule has 0 heterocycles. The standard InChI is InChI=1S/C31H31ClN2O4S/c1-4-38-28-18-15-25(16-19-28)23(3)33-31(35)26-13-11-24(12-14-26)21-34(30-20-27(32)17-10-22(30)2)39(36,37)29-8-6-5-7-9-29/h5-20,23H,4,21H2,1-3H3,(H,33,35)/t23-/m1/s1. The highest BCUT2D eigenvalue weighted by Gasteiger charge is 2.26. The van der Waals surface area contributed by atoms with Gasteiger partial charge in [0.05, 0.1) is 29.8 Å². The molecule has 0 radical (unpaired) electrons. The van der Waals surface area contributed by atoms with Crippen LogP contribution >= 0.6 is 11.6 Å². The number of sulfonamides is 1. The number of ether oxygens (including phenoxy) is 1. The third-order valence-corrected chi connectivity index (χ3v) is 8.36. The van der Waals surface area contributed by atoms with Crippen LogP contribution in [0.2, 0.25) is 5.02 Å². The first-order chi connectivity index (χ1) is 18.7. The molecule has 6 nitrogen and oxygen atoms in total. The molecule has 0 unspecified atom stereocenters. The minimum absolute atomic E-state index is 0.0723. The molecule has 4 aromatic rings. The Balaban J connectivity index is 1.54. The molecule has 1 atom stereocenters. The van der Waals surface area contributed by atoms with Crippen molar-refractivity contribution in [3.63, 3.8) is 0 Å². The zero-order valence-electron chi connectivity index (χ0n) is 22.1. The van der Waals surface area contributed by atoms with E-state index < -0.39 is 10.0 Å². The topological polar surface area (TPSA) is 75.7 Å². The molecule has 0 aliphatic rings. The number of carbonyl (C=O) groups is 1. The van der Waals surface area contributed by atoms with E-state index in [0.717, 1.165) is 22.4 Å². The lowest BCUT2D eigenvalue weighted by atomic mass is 10.1. The van der Waals surface area contributed by atoms with Crippen molar-refractivity contribution in [2.45, 2.75) is 38.3 Å². The minimum atomic E-state index is -3.88. The van der Waals surface area contributed by atoms with Gasteiger partial charge < -0.3 is 10.1 Å². The number of benzene rings is 4. The Labute approximate surface area is 235 Å². The highest BCUT2D eigenvalue weighted by atomic mass is 35.5. The van der Waals surface area contributed by atoms with Crippen molar-refractivity contribution in [1.29, 1.82) is 0 Å². The molecule has 0 saturated heterocycles. The van der Waals surface area contributed by atoms with Gasteiger partial charge in [0.2, 0.25) is 0 Å². The molecule has 1 amide bonds. The van der Waals surface area contributed by atoms with Gasteiger partial charge in [0.15, 0.2) is 0 Å².